The topological polar surface area (TPSA) is 113 Å². The van der Waals surface area contributed by atoms with Crippen LogP contribution in [0.5, 0.6) is 0 Å². The minimum absolute atomic E-state index is 0.0374. The van der Waals surface area contributed by atoms with Gasteiger partial charge in [-0.15, -0.1) is 0 Å². The van der Waals surface area contributed by atoms with E-state index in [9.17, 15) is 23.4 Å². The van der Waals surface area contributed by atoms with Crippen molar-refractivity contribution in [3.8, 4) is 0 Å². The van der Waals surface area contributed by atoms with E-state index in [1.165, 1.54) is 12.1 Å². The molecule has 0 saturated heterocycles. The molecule has 10 atom stereocenters. The van der Waals surface area contributed by atoms with Crippen molar-refractivity contribution in [3.05, 3.63) is 29.8 Å². The summed E-state index contributed by atoms with van der Waals surface area (Å²) in [6.45, 7) is 9.15. The average Bonchev–Trinajstić information content (AvgIpc) is 3.24. The van der Waals surface area contributed by atoms with Gasteiger partial charge in [0.15, 0.2) is 0 Å². The number of hydrogen-bond acceptors (Lipinski definition) is 6. The highest BCUT2D eigenvalue weighted by molar-refractivity contribution is 7.90. The maximum atomic E-state index is 12.5. The lowest BCUT2D eigenvalue weighted by Gasteiger charge is -2.64. The van der Waals surface area contributed by atoms with Gasteiger partial charge in [0.2, 0.25) is 0 Å². The van der Waals surface area contributed by atoms with Crippen LogP contribution in [0.2, 0.25) is 0 Å². The van der Waals surface area contributed by atoms with Gasteiger partial charge in [0, 0.05) is 0 Å². The highest BCUT2D eigenvalue weighted by Gasteiger charge is 2.64. The molecule has 4 aliphatic carbocycles. The van der Waals surface area contributed by atoms with Crippen LogP contribution in [-0.4, -0.2) is 43.5 Å². The molecule has 0 unspecified atom stereocenters. The van der Waals surface area contributed by atoms with Crippen LogP contribution < -0.4 is 4.72 Å². The van der Waals surface area contributed by atoms with Gasteiger partial charge in [-0.25, -0.2) is 17.9 Å². The Morgan fingerprint density at radius 3 is 2.38 bits per heavy atom. The molecule has 8 heteroatoms. The van der Waals surface area contributed by atoms with Crippen molar-refractivity contribution in [2.75, 3.05) is 6.61 Å². The lowest BCUT2D eigenvalue weighted by atomic mass is 9.41. The zero-order valence-electron chi connectivity index (χ0n) is 24.6. The summed E-state index contributed by atoms with van der Waals surface area (Å²) in [5.74, 6) is 2.49. The third-order valence-electron chi connectivity index (χ3n) is 12.1. The summed E-state index contributed by atoms with van der Waals surface area (Å²) < 4.78 is 32.2. The number of nitrogens with one attached hydrogen (secondary N) is 1. The van der Waals surface area contributed by atoms with Crippen molar-refractivity contribution < 1.29 is 28.2 Å². The summed E-state index contributed by atoms with van der Waals surface area (Å²) in [7, 11) is -3.96. The maximum absolute atomic E-state index is 12.5. The number of amides is 1. The third kappa shape index (κ3) is 5.22. The SMILES string of the molecule is CC[C@H]1[C@@H](O)[C@@H]2[C@H](CC[C@]3(C)[C@@H](CCCOC(=O)NS(=O)(=O)c4ccc(C)cc4)CC[C@@H]23)[C@@]2(C)CC[C@@H](O)C[C@@H]12. The first-order chi connectivity index (χ1) is 18.9. The molecule has 4 saturated carbocycles. The highest BCUT2D eigenvalue weighted by atomic mass is 32.2. The number of fused-ring (bicyclic) bond motifs is 5. The lowest BCUT2D eigenvalue weighted by Crippen LogP contribution is -2.62. The number of carbonyl (C=O) groups is 1. The largest absolute Gasteiger partial charge is 0.449 e. The molecule has 3 N–H and O–H groups in total. The maximum Gasteiger partial charge on any atom is 0.421 e. The minimum atomic E-state index is -3.96. The fourth-order valence-corrected chi connectivity index (χ4v) is 10.8. The predicted octanol–water partition coefficient (Wildman–Crippen LogP) is 5.82. The minimum Gasteiger partial charge on any atom is -0.449 e. The van der Waals surface area contributed by atoms with E-state index in [1.807, 2.05) is 11.6 Å². The number of hydrogen-bond donors (Lipinski definition) is 3. The molecule has 224 valence electrons. The highest BCUT2D eigenvalue weighted by Crippen LogP contribution is 2.69. The zero-order valence-corrected chi connectivity index (χ0v) is 25.5. The summed E-state index contributed by atoms with van der Waals surface area (Å²) in [5.41, 5.74) is 1.30. The molecule has 0 radical (unpaired) electrons. The van der Waals surface area contributed by atoms with Gasteiger partial charge in [-0.3, -0.25) is 0 Å². The number of aliphatic hydroxyl groups is 2. The molecule has 1 aromatic rings. The van der Waals surface area contributed by atoms with Crippen molar-refractivity contribution in [3.63, 3.8) is 0 Å². The van der Waals surface area contributed by atoms with Crippen LogP contribution in [0, 0.1) is 53.3 Å². The zero-order chi connectivity index (χ0) is 28.9. The van der Waals surface area contributed by atoms with E-state index >= 15 is 0 Å². The van der Waals surface area contributed by atoms with Gasteiger partial charge < -0.3 is 14.9 Å². The smallest absolute Gasteiger partial charge is 0.421 e. The molecule has 4 aliphatic rings. The molecule has 0 aliphatic heterocycles. The number of ether oxygens (including phenoxy) is 1. The fourth-order valence-electron chi connectivity index (χ4n) is 9.95. The lowest BCUT2D eigenvalue weighted by molar-refractivity contribution is -0.202. The fraction of sp³-hybridized carbons (Fsp3) is 0.781. The molecule has 40 heavy (non-hydrogen) atoms. The van der Waals surface area contributed by atoms with E-state index in [2.05, 4.69) is 20.8 Å². The van der Waals surface area contributed by atoms with Crippen LogP contribution in [0.15, 0.2) is 29.2 Å². The number of rotatable bonds is 7. The second-order valence-electron chi connectivity index (χ2n) is 13.9. The summed E-state index contributed by atoms with van der Waals surface area (Å²) in [6.07, 6.45) is 8.46. The Bertz CT molecular complexity index is 1170. The summed E-state index contributed by atoms with van der Waals surface area (Å²) >= 11 is 0. The molecule has 0 aromatic heterocycles. The van der Waals surface area contributed by atoms with E-state index in [-0.39, 0.29) is 40.5 Å². The summed E-state index contributed by atoms with van der Waals surface area (Å²) in [4.78, 5) is 12.3. The van der Waals surface area contributed by atoms with Gasteiger partial charge in [0.1, 0.15) is 0 Å². The van der Waals surface area contributed by atoms with Crippen LogP contribution in [0.1, 0.15) is 90.5 Å². The molecule has 0 bridgehead atoms. The Labute approximate surface area is 240 Å². The summed E-state index contributed by atoms with van der Waals surface area (Å²) in [5, 5.41) is 22.3. The van der Waals surface area contributed by atoms with E-state index in [0.717, 1.165) is 63.4 Å². The van der Waals surface area contributed by atoms with E-state index in [1.54, 1.807) is 12.1 Å². The molecule has 1 aromatic carbocycles. The standard InChI is InChI=1S/C32H49NO6S/c1-5-24-27-19-22(34)14-16-32(27,4)26-15-17-31(3)21(10-13-25(31)28(26)29(24)35)7-6-18-39-30(36)33-40(37,38)23-11-8-20(2)9-12-23/h8-9,11-12,21-22,24-29,34-35H,5-7,10,13-19H2,1-4H3,(H,33,36)/t21-,22+,24+,25-,26-,27-,28-,29+,31+,32+/m0/s1. The van der Waals surface area contributed by atoms with Gasteiger partial charge in [-0.05, 0) is 123 Å². The summed E-state index contributed by atoms with van der Waals surface area (Å²) in [6, 6.07) is 6.33. The molecule has 1 amide bonds. The number of aryl methyl sites for hydroxylation is 1. The van der Waals surface area contributed by atoms with Gasteiger partial charge in [-0.2, -0.15) is 0 Å². The van der Waals surface area contributed by atoms with Crippen molar-refractivity contribution in [1.82, 2.24) is 4.72 Å². The normalized spacial score (nSPS) is 41.0. The van der Waals surface area contributed by atoms with Crippen molar-refractivity contribution in [2.45, 2.75) is 109 Å². The molecule has 7 nitrogen and oxygen atoms in total. The Morgan fingerprint density at radius 1 is 1.00 bits per heavy atom. The van der Waals surface area contributed by atoms with E-state index < -0.39 is 16.1 Å². The van der Waals surface area contributed by atoms with Gasteiger partial charge in [0.25, 0.3) is 10.0 Å². The Balaban J connectivity index is 1.18. The number of carbonyl (C=O) groups excluding carboxylic acids is 1. The van der Waals surface area contributed by atoms with Crippen LogP contribution in [0.25, 0.3) is 0 Å². The second kappa shape index (κ2) is 11.2. The monoisotopic (exact) mass is 575 g/mol. The van der Waals surface area contributed by atoms with Crippen LogP contribution in [0.4, 0.5) is 4.79 Å². The Kier molecular flexibility index (Phi) is 8.37. The van der Waals surface area contributed by atoms with Crippen molar-refractivity contribution in [2.24, 2.45) is 46.3 Å². The molecule has 0 heterocycles. The number of aliphatic hydroxyl groups excluding tert-OH is 2. The van der Waals surface area contributed by atoms with Crippen molar-refractivity contribution >= 4 is 16.1 Å². The molecule has 4 fully saturated rings. The first-order valence-corrected chi connectivity index (χ1v) is 17.0. The van der Waals surface area contributed by atoms with E-state index in [0.29, 0.717) is 36.0 Å². The van der Waals surface area contributed by atoms with Crippen LogP contribution in [0.3, 0.4) is 0 Å². The second-order valence-corrected chi connectivity index (χ2v) is 15.6. The first kappa shape index (κ1) is 29.8. The molecular weight excluding hydrogens is 526 g/mol. The Hall–Kier alpha value is -1.64. The van der Waals surface area contributed by atoms with Crippen LogP contribution in [-0.2, 0) is 14.8 Å². The van der Waals surface area contributed by atoms with Crippen molar-refractivity contribution in [1.29, 1.82) is 0 Å². The molecule has 0 spiro atoms. The molecular formula is C32H49NO6S. The quantitative estimate of drug-likeness (QED) is 0.353. The van der Waals surface area contributed by atoms with E-state index in [4.69, 9.17) is 4.74 Å². The first-order valence-electron chi connectivity index (χ1n) is 15.5. The van der Waals surface area contributed by atoms with Crippen LogP contribution >= 0.6 is 0 Å². The van der Waals surface area contributed by atoms with Gasteiger partial charge in [0.05, 0.1) is 23.7 Å². The average molecular weight is 576 g/mol. The number of benzene rings is 1. The third-order valence-corrected chi connectivity index (χ3v) is 13.4. The molecule has 5 rings (SSSR count). The van der Waals surface area contributed by atoms with Gasteiger partial charge in [-0.1, -0.05) is 44.9 Å². The Morgan fingerprint density at radius 2 is 1.68 bits per heavy atom. The predicted molar refractivity (Wildman–Crippen MR) is 154 cm³/mol. The van der Waals surface area contributed by atoms with Gasteiger partial charge >= 0.3 is 6.09 Å². The number of sulfonamides is 1.